The Morgan fingerprint density at radius 1 is 1.37 bits per heavy atom. The summed E-state index contributed by atoms with van der Waals surface area (Å²) in [4.78, 5) is 12.1. The number of hydrogen-bond acceptors (Lipinski definition) is 2. The van der Waals surface area contributed by atoms with Crippen molar-refractivity contribution >= 4 is 11.6 Å². The zero-order valence-corrected chi connectivity index (χ0v) is 12.1. The molecule has 0 aliphatic heterocycles. The van der Waals surface area contributed by atoms with Crippen LogP contribution in [0.15, 0.2) is 12.1 Å². The second-order valence-corrected chi connectivity index (χ2v) is 5.04. The third kappa shape index (κ3) is 3.69. The van der Waals surface area contributed by atoms with E-state index < -0.39 is 11.7 Å². The van der Waals surface area contributed by atoms with Gasteiger partial charge in [0.2, 0.25) is 0 Å². The molecule has 1 aromatic carbocycles. The van der Waals surface area contributed by atoms with Gasteiger partial charge in [-0.25, -0.2) is 4.39 Å². The Labute approximate surface area is 114 Å². The van der Waals surface area contributed by atoms with Gasteiger partial charge in [0.15, 0.2) is 0 Å². The molecule has 0 aliphatic carbocycles. The first kappa shape index (κ1) is 15.5. The number of benzene rings is 1. The lowest BCUT2D eigenvalue weighted by Crippen LogP contribution is -2.38. The maximum Gasteiger partial charge on any atom is 0.254 e. The van der Waals surface area contributed by atoms with Gasteiger partial charge < -0.3 is 11.1 Å². The van der Waals surface area contributed by atoms with Crippen LogP contribution >= 0.6 is 0 Å². The zero-order valence-electron chi connectivity index (χ0n) is 12.1. The lowest BCUT2D eigenvalue weighted by molar-refractivity contribution is 0.0921. The van der Waals surface area contributed by atoms with Crippen LogP contribution in [0.25, 0.3) is 0 Å². The predicted octanol–water partition coefficient (Wildman–Crippen LogP) is 3.27. The molecule has 1 amide bonds. The van der Waals surface area contributed by atoms with Crippen molar-refractivity contribution < 1.29 is 9.18 Å². The van der Waals surface area contributed by atoms with Gasteiger partial charge in [0.05, 0.1) is 5.56 Å². The molecular formula is C15H23FN2O. The van der Waals surface area contributed by atoms with E-state index in [1.807, 2.05) is 6.92 Å². The fourth-order valence-corrected chi connectivity index (χ4v) is 2.36. The Bertz CT molecular complexity index is 456. The molecule has 1 aromatic rings. The summed E-state index contributed by atoms with van der Waals surface area (Å²) >= 11 is 0. The molecule has 3 N–H and O–H groups in total. The van der Waals surface area contributed by atoms with E-state index in [0.717, 1.165) is 12.8 Å². The third-order valence-electron chi connectivity index (χ3n) is 3.64. The van der Waals surface area contributed by atoms with Crippen LogP contribution in [-0.2, 0) is 0 Å². The Morgan fingerprint density at radius 3 is 2.47 bits per heavy atom. The summed E-state index contributed by atoms with van der Waals surface area (Å²) in [7, 11) is 0. The topological polar surface area (TPSA) is 55.1 Å². The second-order valence-electron chi connectivity index (χ2n) is 5.04. The van der Waals surface area contributed by atoms with E-state index in [4.69, 9.17) is 5.73 Å². The van der Waals surface area contributed by atoms with Gasteiger partial charge in [0.25, 0.3) is 5.91 Å². The summed E-state index contributed by atoms with van der Waals surface area (Å²) in [5.41, 5.74) is 6.48. The molecule has 0 radical (unpaired) electrons. The summed E-state index contributed by atoms with van der Waals surface area (Å²) in [5, 5.41) is 2.86. The molecule has 1 unspecified atom stereocenters. The number of carbonyl (C=O) groups is 1. The Balaban J connectivity index is 2.90. The van der Waals surface area contributed by atoms with E-state index in [1.54, 1.807) is 6.92 Å². The number of nitrogens with two attached hydrogens (primary N) is 1. The number of nitrogen functional groups attached to an aromatic ring is 1. The van der Waals surface area contributed by atoms with Gasteiger partial charge in [-0.15, -0.1) is 0 Å². The number of hydrogen-bond donors (Lipinski definition) is 2. The molecule has 0 aromatic heterocycles. The minimum atomic E-state index is -0.497. The van der Waals surface area contributed by atoms with Gasteiger partial charge in [-0.2, -0.15) is 0 Å². The standard InChI is InChI=1S/C15H23FN2O/c1-5-11(6-2)10(4)18-15(19)13-8-12(17)7-9(3)14(13)16/h7-8,10-11H,5-6,17H2,1-4H3,(H,18,19). The van der Waals surface area contributed by atoms with Gasteiger partial charge in [-0.05, 0) is 37.5 Å². The van der Waals surface area contributed by atoms with Crippen LogP contribution in [0, 0.1) is 18.7 Å². The molecule has 4 heteroatoms. The maximum absolute atomic E-state index is 13.9. The minimum Gasteiger partial charge on any atom is -0.399 e. The number of halogens is 1. The summed E-state index contributed by atoms with van der Waals surface area (Å²) in [6.45, 7) is 7.73. The maximum atomic E-state index is 13.9. The Kier molecular flexibility index (Phi) is 5.33. The first-order chi connectivity index (χ1) is 8.90. The molecular weight excluding hydrogens is 243 g/mol. The van der Waals surface area contributed by atoms with Crippen LogP contribution in [0.4, 0.5) is 10.1 Å². The molecule has 3 nitrogen and oxygen atoms in total. The highest BCUT2D eigenvalue weighted by Gasteiger charge is 2.20. The lowest BCUT2D eigenvalue weighted by Gasteiger charge is -2.22. The van der Waals surface area contributed by atoms with Crippen LogP contribution in [0.1, 0.15) is 49.5 Å². The average Bonchev–Trinajstić information content (AvgIpc) is 2.35. The Hall–Kier alpha value is -1.58. The molecule has 0 heterocycles. The lowest BCUT2D eigenvalue weighted by atomic mass is 9.95. The summed E-state index contributed by atoms with van der Waals surface area (Å²) in [6.07, 6.45) is 1.97. The van der Waals surface area contributed by atoms with Crippen molar-refractivity contribution in [2.75, 3.05) is 5.73 Å². The highest BCUT2D eigenvalue weighted by molar-refractivity contribution is 5.95. The summed E-state index contributed by atoms with van der Waals surface area (Å²) in [5.74, 6) is -0.495. The third-order valence-corrected chi connectivity index (χ3v) is 3.64. The molecule has 0 aliphatic rings. The number of aryl methyl sites for hydroxylation is 1. The van der Waals surface area contributed by atoms with Crippen LogP contribution in [0.2, 0.25) is 0 Å². The van der Waals surface area contributed by atoms with Crippen LogP contribution in [-0.4, -0.2) is 11.9 Å². The predicted molar refractivity (Wildman–Crippen MR) is 76.5 cm³/mol. The van der Waals surface area contributed by atoms with Gasteiger partial charge in [-0.1, -0.05) is 26.7 Å². The SMILES string of the molecule is CCC(CC)C(C)NC(=O)c1cc(N)cc(C)c1F. The van der Waals surface area contributed by atoms with Crippen molar-refractivity contribution in [2.45, 2.75) is 46.6 Å². The van der Waals surface area contributed by atoms with Crippen molar-refractivity contribution in [3.8, 4) is 0 Å². The van der Waals surface area contributed by atoms with E-state index >= 15 is 0 Å². The molecule has 0 bridgehead atoms. The van der Waals surface area contributed by atoms with Crippen molar-refractivity contribution in [3.05, 3.63) is 29.1 Å². The fourth-order valence-electron chi connectivity index (χ4n) is 2.36. The molecule has 0 fully saturated rings. The van der Waals surface area contributed by atoms with Crippen molar-refractivity contribution in [3.63, 3.8) is 0 Å². The molecule has 19 heavy (non-hydrogen) atoms. The highest BCUT2D eigenvalue weighted by Crippen LogP contribution is 2.18. The molecule has 1 rings (SSSR count). The quantitative estimate of drug-likeness (QED) is 0.804. The number of anilines is 1. The number of nitrogens with one attached hydrogen (secondary N) is 1. The number of amides is 1. The van der Waals surface area contributed by atoms with Gasteiger partial charge in [-0.3, -0.25) is 4.79 Å². The van der Waals surface area contributed by atoms with Crippen LogP contribution in [0.3, 0.4) is 0 Å². The van der Waals surface area contributed by atoms with Crippen molar-refractivity contribution in [1.82, 2.24) is 5.32 Å². The van der Waals surface area contributed by atoms with Gasteiger partial charge in [0.1, 0.15) is 5.82 Å². The Morgan fingerprint density at radius 2 is 1.95 bits per heavy atom. The molecule has 0 saturated heterocycles. The van der Waals surface area contributed by atoms with Crippen LogP contribution in [0.5, 0.6) is 0 Å². The smallest absolute Gasteiger partial charge is 0.254 e. The van der Waals surface area contributed by atoms with E-state index in [1.165, 1.54) is 12.1 Å². The zero-order chi connectivity index (χ0) is 14.6. The van der Waals surface area contributed by atoms with E-state index in [-0.39, 0.29) is 11.6 Å². The summed E-state index contributed by atoms with van der Waals surface area (Å²) < 4.78 is 13.9. The van der Waals surface area contributed by atoms with Crippen LogP contribution < -0.4 is 11.1 Å². The normalized spacial score (nSPS) is 12.5. The van der Waals surface area contributed by atoms with E-state index in [2.05, 4.69) is 19.2 Å². The first-order valence-corrected chi connectivity index (χ1v) is 6.77. The van der Waals surface area contributed by atoms with Gasteiger partial charge >= 0.3 is 0 Å². The number of carbonyl (C=O) groups excluding carboxylic acids is 1. The molecule has 0 saturated carbocycles. The second kappa shape index (κ2) is 6.55. The number of rotatable bonds is 5. The average molecular weight is 266 g/mol. The first-order valence-electron chi connectivity index (χ1n) is 6.77. The molecule has 1 atom stereocenters. The van der Waals surface area contributed by atoms with Crippen molar-refractivity contribution in [1.29, 1.82) is 0 Å². The fraction of sp³-hybridized carbons (Fsp3) is 0.533. The molecule has 0 spiro atoms. The minimum absolute atomic E-state index is 0.0173. The van der Waals surface area contributed by atoms with Crippen molar-refractivity contribution in [2.24, 2.45) is 5.92 Å². The van der Waals surface area contributed by atoms with E-state index in [9.17, 15) is 9.18 Å². The van der Waals surface area contributed by atoms with E-state index in [0.29, 0.717) is 17.2 Å². The summed E-state index contributed by atoms with van der Waals surface area (Å²) in [6, 6.07) is 2.93. The highest BCUT2D eigenvalue weighted by atomic mass is 19.1. The largest absolute Gasteiger partial charge is 0.399 e. The monoisotopic (exact) mass is 266 g/mol. The molecule has 106 valence electrons. The van der Waals surface area contributed by atoms with Gasteiger partial charge in [0, 0.05) is 11.7 Å².